The van der Waals surface area contributed by atoms with Crippen molar-refractivity contribution in [3.05, 3.63) is 27.9 Å². The standard InChI is InChI=1S/C20H30N4O6/c1-8-13-9-16(21-10-15(13)24(27)28)22-11-14(12-22)23(17(25)29-19(2,3)4)18(26)30-20(5,6)7/h9-10,14H,8,11-12H2,1-7H3. The van der Waals surface area contributed by atoms with Gasteiger partial charge in [0.2, 0.25) is 0 Å². The van der Waals surface area contributed by atoms with Crippen LogP contribution in [-0.2, 0) is 15.9 Å². The fraction of sp³-hybridized carbons (Fsp3) is 0.650. The lowest BCUT2D eigenvalue weighted by Crippen LogP contribution is -2.63. The molecule has 2 rings (SSSR count). The highest BCUT2D eigenvalue weighted by atomic mass is 16.6. The number of ether oxygens (including phenoxy) is 2. The normalized spacial score (nSPS) is 14.7. The summed E-state index contributed by atoms with van der Waals surface area (Å²) in [6.45, 7) is 12.8. The number of anilines is 1. The molecule has 0 unspecified atom stereocenters. The molecule has 10 heteroatoms. The van der Waals surface area contributed by atoms with Crippen LogP contribution in [0.1, 0.15) is 54.0 Å². The summed E-state index contributed by atoms with van der Waals surface area (Å²) in [5.41, 5.74) is -0.986. The van der Waals surface area contributed by atoms with Gasteiger partial charge < -0.3 is 14.4 Å². The number of hydrogen-bond acceptors (Lipinski definition) is 8. The maximum Gasteiger partial charge on any atom is 0.420 e. The number of aryl methyl sites for hydroxylation is 1. The molecule has 1 aromatic heterocycles. The zero-order chi connectivity index (χ0) is 22.9. The first-order valence-electron chi connectivity index (χ1n) is 9.85. The molecule has 1 aliphatic rings. The van der Waals surface area contributed by atoms with Gasteiger partial charge in [0.05, 0.1) is 11.0 Å². The average Bonchev–Trinajstić information content (AvgIpc) is 2.53. The fourth-order valence-corrected chi connectivity index (χ4v) is 2.90. The topological polar surface area (TPSA) is 115 Å². The van der Waals surface area contributed by atoms with Crippen LogP contribution < -0.4 is 4.90 Å². The molecule has 0 N–H and O–H groups in total. The van der Waals surface area contributed by atoms with E-state index in [4.69, 9.17) is 9.47 Å². The molecule has 1 aromatic rings. The highest BCUT2D eigenvalue weighted by molar-refractivity contribution is 5.89. The summed E-state index contributed by atoms with van der Waals surface area (Å²) in [7, 11) is 0. The molecule has 0 radical (unpaired) electrons. The van der Waals surface area contributed by atoms with Gasteiger partial charge in [0.25, 0.3) is 5.69 Å². The Morgan fingerprint density at radius 3 is 2.07 bits per heavy atom. The Morgan fingerprint density at radius 2 is 1.67 bits per heavy atom. The first-order chi connectivity index (χ1) is 13.7. The van der Waals surface area contributed by atoms with Gasteiger partial charge >= 0.3 is 12.2 Å². The van der Waals surface area contributed by atoms with Crippen molar-refractivity contribution in [3.8, 4) is 0 Å². The zero-order valence-electron chi connectivity index (χ0n) is 18.6. The largest absolute Gasteiger partial charge is 0.443 e. The lowest BCUT2D eigenvalue weighted by Gasteiger charge is -2.44. The number of amides is 2. The number of nitrogens with zero attached hydrogens (tertiary/aromatic N) is 4. The number of imide groups is 1. The third-order valence-corrected chi connectivity index (χ3v) is 4.26. The van der Waals surface area contributed by atoms with Gasteiger partial charge in [-0.25, -0.2) is 19.5 Å². The van der Waals surface area contributed by atoms with E-state index in [1.54, 1.807) is 47.6 Å². The van der Waals surface area contributed by atoms with Crippen LogP contribution in [0, 0.1) is 10.1 Å². The van der Waals surface area contributed by atoms with Crippen molar-refractivity contribution in [1.82, 2.24) is 9.88 Å². The molecule has 1 aliphatic heterocycles. The number of pyridine rings is 1. The number of carbonyl (C=O) groups excluding carboxylic acids is 2. The van der Waals surface area contributed by atoms with Crippen molar-refractivity contribution < 1.29 is 24.0 Å². The van der Waals surface area contributed by atoms with Crippen molar-refractivity contribution in [1.29, 1.82) is 0 Å². The lowest BCUT2D eigenvalue weighted by molar-refractivity contribution is -0.385. The van der Waals surface area contributed by atoms with Crippen LogP contribution in [0.5, 0.6) is 0 Å². The Bertz CT molecular complexity index is 794. The molecular formula is C20H30N4O6. The summed E-state index contributed by atoms with van der Waals surface area (Å²) >= 11 is 0. The number of aromatic nitrogens is 1. The molecule has 0 bridgehead atoms. The van der Waals surface area contributed by atoms with Crippen LogP contribution in [0.3, 0.4) is 0 Å². The Labute approximate surface area is 176 Å². The first kappa shape index (κ1) is 23.4. The van der Waals surface area contributed by atoms with Crippen LogP contribution in [0.25, 0.3) is 0 Å². The maximum atomic E-state index is 12.7. The van der Waals surface area contributed by atoms with Gasteiger partial charge in [0, 0.05) is 18.7 Å². The lowest BCUT2D eigenvalue weighted by atomic mass is 10.1. The first-order valence-corrected chi connectivity index (χ1v) is 9.85. The monoisotopic (exact) mass is 422 g/mol. The molecule has 30 heavy (non-hydrogen) atoms. The van der Waals surface area contributed by atoms with Crippen LogP contribution in [0.2, 0.25) is 0 Å². The SMILES string of the molecule is CCc1cc(N2CC(N(C(=O)OC(C)(C)C)C(=O)OC(C)(C)C)C2)ncc1[N+](=O)[O-]. The number of nitro groups is 1. The van der Waals surface area contributed by atoms with E-state index in [0.717, 1.165) is 4.90 Å². The molecule has 10 nitrogen and oxygen atoms in total. The van der Waals surface area contributed by atoms with Crippen LogP contribution >= 0.6 is 0 Å². The molecule has 2 amide bonds. The predicted molar refractivity (Wildman–Crippen MR) is 111 cm³/mol. The highest BCUT2D eigenvalue weighted by Crippen LogP contribution is 2.28. The van der Waals surface area contributed by atoms with E-state index < -0.39 is 34.4 Å². The summed E-state index contributed by atoms with van der Waals surface area (Å²) < 4.78 is 10.8. The maximum absolute atomic E-state index is 12.7. The fourth-order valence-electron chi connectivity index (χ4n) is 2.90. The Hall–Kier alpha value is -2.91. The summed E-state index contributed by atoms with van der Waals surface area (Å²) in [6, 6.07) is 1.20. The number of rotatable bonds is 4. The van der Waals surface area contributed by atoms with E-state index in [2.05, 4.69) is 4.98 Å². The van der Waals surface area contributed by atoms with E-state index in [-0.39, 0.29) is 5.69 Å². The minimum absolute atomic E-state index is 0.0255. The van der Waals surface area contributed by atoms with Gasteiger partial charge in [-0.2, -0.15) is 0 Å². The smallest absolute Gasteiger partial charge is 0.420 e. The number of carbonyl (C=O) groups is 2. The molecule has 0 aromatic carbocycles. The molecule has 2 heterocycles. The molecule has 0 atom stereocenters. The van der Waals surface area contributed by atoms with Gasteiger partial charge in [-0.1, -0.05) is 6.92 Å². The molecular weight excluding hydrogens is 392 g/mol. The summed E-state index contributed by atoms with van der Waals surface area (Å²) in [4.78, 5) is 43.0. The van der Waals surface area contributed by atoms with Crippen LogP contribution in [-0.4, -0.2) is 57.3 Å². The Balaban J connectivity index is 2.18. The highest BCUT2D eigenvalue weighted by Gasteiger charge is 2.43. The average molecular weight is 422 g/mol. The van der Waals surface area contributed by atoms with E-state index in [1.165, 1.54) is 6.20 Å². The van der Waals surface area contributed by atoms with E-state index in [0.29, 0.717) is 30.9 Å². The summed E-state index contributed by atoms with van der Waals surface area (Å²) in [5.74, 6) is 0.557. The van der Waals surface area contributed by atoms with Crippen molar-refractivity contribution in [2.75, 3.05) is 18.0 Å². The van der Waals surface area contributed by atoms with Gasteiger partial charge in [0.1, 0.15) is 23.2 Å². The van der Waals surface area contributed by atoms with Crippen LogP contribution in [0.15, 0.2) is 12.3 Å². The van der Waals surface area contributed by atoms with Crippen LogP contribution in [0.4, 0.5) is 21.1 Å². The second-order valence-electron chi connectivity index (χ2n) is 9.17. The van der Waals surface area contributed by atoms with E-state index >= 15 is 0 Å². The van der Waals surface area contributed by atoms with Crippen molar-refractivity contribution in [2.24, 2.45) is 0 Å². The number of hydrogen-bond donors (Lipinski definition) is 0. The van der Waals surface area contributed by atoms with Gasteiger partial charge in [-0.3, -0.25) is 10.1 Å². The van der Waals surface area contributed by atoms with Crippen molar-refractivity contribution in [3.63, 3.8) is 0 Å². The van der Waals surface area contributed by atoms with Crippen molar-refractivity contribution in [2.45, 2.75) is 72.1 Å². The van der Waals surface area contributed by atoms with E-state index in [9.17, 15) is 19.7 Å². The third-order valence-electron chi connectivity index (χ3n) is 4.26. The molecule has 0 saturated carbocycles. The Kier molecular flexibility index (Phi) is 6.58. The van der Waals surface area contributed by atoms with Gasteiger partial charge in [-0.15, -0.1) is 0 Å². The minimum atomic E-state index is -0.771. The summed E-state index contributed by atoms with van der Waals surface area (Å²) in [5, 5.41) is 11.1. The summed E-state index contributed by atoms with van der Waals surface area (Å²) in [6.07, 6.45) is 0.186. The minimum Gasteiger partial charge on any atom is -0.443 e. The Morgan fingerprint density at radius 1 is 1.17 bits per heavy atom. The predicted octanol–water partition coefficient (Wildman–Crippen LogP) is 3.91. The molecule has 1 saturated heterocycles. The molecule has 1 fully saturated rings. The van der Waals surface area contributed by atoms with Gasteiger partial charge in [0.15, 0.2) is 0 Å². The quantitative estimate of drug-likeness (QED) is 0.530. The molecule has 166 valence electrons. The van der Waals surface area contributed by atoms with E-state index in [1.807, 2.05) is 11.8 Å². The second-order valence-corrected chi connectivity index (χ2v) is 9.17. The van der Waals surface area contributed by atoms with Crippen molar-refractivity contribution >= 4 is 23.7 Å². The molecule has 0 aliphatic carbocycles. The van der Waals surface area contributed by atoms with Gasteiger partial charge in [-0.05, 0) is 54.0 Å². The second kappa shape index (κ2) is 8.45. The zero-order valence-corrected chi connectivity index (χ0v) is 18.6. The third kappa shape index (κ3) is 5.80. The molecule has 0 spiro atoms.